The Labute approximate surface area is 106 Å². The highest BCUT2D eigenvalue weighted by atomic mass is 32.1. The van der Waals surface area contributed by atoms with Gasteiger partial charge in [-0.3, -0.25) is 0 Å². The summed E-state index contributed by atoms with van der Waals surface area (Å²) in [4.78, 5) is 4.40. The fraction of sp³-hybridized carbons (Fsp3) is 0.308. The molecule has 0 aliphatic heterocycles. The van der Waals surface area contributed by atoms with E-state index in [2.05, 4.69) is 33.1 Å². The summed E-state index contributed by atoms with van der Waals surface area (Å²) >= 11 is 1.70. The molecule has 0 saturated heterocycles. The fourth-order valence-corrected chi connectivity index (χ4v) is 2.17. The van der Waals surface area contributed by atoms with Crippen LogP contribution < -0.4 is 10.6 Å². The molecular formula is C13H17N3S. The van der Waals surface area contributed by atoms with Crippen molar-refractivity contribution in [1.82, 2.24) is 10.3 Å². The molecule has 90 valence electrons. The van der Waals surface area contributed by atoms with E-state index in [0.717, 1.165) is 30.3 Å². The van der Waals surface area contributed by atoms with Gasteiger partial charge in [-0.25, -0.2) is 4.98 Å². The highest BCUT2D eigenvalue weighted by Crippen LogP contribution is 2.07. The lowest BCUT2D eigenvalue weighted by molar-refractivity contribution is 0.695. The summed E-state index contributed by atoms with van der Waals surface area (Å²) in [7, 11) is 0. The van der Waals surface area contributed by atoms with E-state index in [1.807, 2.05) is 25.1 Å². The maximum Gasteiger partial charge on any atom is 0.0897 e. The predicted octanol–water partition coefficient (Wildman–Crippen LogP) is 2.65. The molecule has 0 aliphatic rings. The molecule has 2 N–H and O–H groups in total. The molecule has 0 saturated carbocycles. The summed E-state index contributed by atoms with van der Waals surface area (Å²) < 4.78 is 0. The summed E-state index contributed by atoms with van der Waals surface area (Å²) in [6, 6.07) is 10.2. The van der Waals surface area contributed by atoms with Crippen LogP contribution in [0.1, 0.15) is 10.7 Å². The van der Waals surface area contributed by atoms with E-state index < -0.39 is 0 Å². The first-order valence-electron chi connectivity index (χ1n) is 5.75. The first kappa shape index (κ1) is 12.1. The van der Waals surface area contributed by atoms with Gasteiger partial charge in [0, 0.05) is 30.7 Å². The summed E-state index contributed by atoms with van der Waals surface area (Å²) in [5.74, 6) is 0. The van der Waals surface area contributed by atoms with Crippen LogP contribution in [0.25, 0.3) is 0 Å². The first-order chi connectivity index (χ1) is 8.34. The average molecular weight is 247 g/mol. The van der Waals surface area contributed by atoms with E-state index in [9.17, 15) is 0 Å². The molecule has 0 bridgehead atoms. The number of rotatable bonds is 6. The number of nitrogens with one attached hydrogen (secondary N) is 2. The van der Waals surface area contributed by atoms with Crippen molar-refractivity contribution in [1.29, 1.82) is 0 Å². The minimum absolute atomic E-state index is 0.848. The maximum atomic E-state index is 4.40. The van der Waals surface area contributed by atoms with Crippen molar-refractivity contribution >= 4 is 17.0 Å². The zero-order valence-corrected chi connectivity index (χ0v) is 10.8. The molecule has 0 spiro atoms. The monoisotopic (exact) mass is 247 g/mol. The second-order valence-electron chi connectivity index (χ2n) is 3.83. The van der Waals surface area contributed by atoms with Crippen molar-refractivity contribution < 1.29 is 0 Å². The largest absolute Gasteiger partial charge is 0.384 e. The lowest BCUT2D eigenvalue weighted by Gasteiger charge is -2.06. The zero-order valence-electron chi connectivity index (χ0n) is 9.94. The van der Waals surface area contributed by atoms with E-state index in [0.29, 0.717) is 0 Å². The Morgan fingerprint density at radius 1 is 1.18 bits per heavy atom. The van der Waals surface area contributed by atoms with E-state index in [-0.39, 0.29) is 0 Å². The van der Waals surface area contributed by atoms with E-state index in [1.54, 1.807) is 11.3 Å². The van der Waals surface area contributed by atoms with Crippen LogP contribution in [0.4, 0.5) is 5.69 Å². The molecule has 2 rings (SSSR count). The molecule has 0 amide bonds. The van der Waals surface area contributed by atoms with Gasteiger partial charge in [-0.1, -0.05) is 18.2 Å². The third kappa shape index (κ3) is 4.17. The van der Waals surface area contributed by atoms with Crippen LogP contribution in [0.5, 0.6) is 0 Å². The number of aryl methyl sites for hydroxylation is 1. The molecule has 0 radical (unpaired) electrons. The van der Waals surface area contributed by atoms with Gasteiger partial charge in [0.05, 0.1) is 10.7 Å². The standard InChI is InChI=1S/C13H17N3S/c1-11-16-13(10-17-11)9-14-7-8-15-12-5-3-2-4-6-12/h2-6,10,14-15H,7-9H2,1H3. The van der Waals surface area contributed by atoms with Gasteiger partial charge >= 0.3 is 0 Å². The highest BCUT2D eigenvalue weighted by molar-refractivity contribution is 7.09. The van der Waals surface area contributed by atoms with Crippen LogP contribution in [0.15, 0.2) is 35.7 Å². The normalized spacial score (nSPS) is 10.4. The van der Waals surface area contributed by atoms with E-state index >= 15 is 0 Å². The Bertz CT molecular complexity index is 439. The third-order valence-corrected chi connectivity index (χ3v) is 3.20. The summed E-state index contributed by atoms with van der Waals surface area (Å²) in [5.41, 5.74) is 2.30. The number of benzene rings is 1. The van der Waals surface area contributed by atoms with Gasteiger partial charge < -0.3 is 10.6 Å². The van der Waals surface area contributed by atoms with Crippen molar-refractivity contribution in [2.24, 2.45) is 0 Å². The van der Waals surface area contributed by atoms with Crippen molar-refractivity contribution in [3.05, 3.63) is 46.4 Å². The molecule has 0 atom stereocenters. The summed E-state index contributed by atoms with van der Waals surface area (Å²) in [6.07, 6.45) is 0. The Balaban J connectivity index is 1.61. The highest BCUT2D eigenvalue weighted by Gasteiger charge is 1.96. The minimum Gasteiger partial charge on any atom is -0.384 e. The van der Waals surface area contributed by atoms with E-state index in [1.165, 1.54) is 5.69 Å². The van der Waals surface area contributed by atoms with Crippen LogP contribution in [-0.4, -0.2) is 18.1 Å². The van der Waals surface area contributed by atoms with Gasteiger partial charge in [0.15, 0.2) is 0 Å². The Kier molecular flexibility index (Phi) is 4.53. The number of thiazole rings is 1. The Morgan fingerprint density at radius 2 is 2.00 bits per heavy atom. The number of hydrogen-bond acceptors (Lipinski definition) is 4. The van der Waals surface area contributed by atoms with Crippen LogP contribution in [0.3, 0.4) is 0 Å². The molecule has 4 heteroatoms. The smallest absolute Gasteiger partial charge is 0.0897 e. The molecule has 0 fully saturated rings. The second kappa shape index (κ2) is 6.37. The van der Waals surface area contributed by atoms with Gasteiger partial charge in [0.25, 0.3) is 0 Å². The fourth-order valence-electron chi connectivity index (χ4n) is 1.56. The SMILES string of the molecule is Cc1nc(CNCCNc2ccccc2)cs1. The predicted molar refractivity (Wildman–Crippen MR) is 73.5 cm³/mol. The molecule has 17 heavy (non-hydrogen) atoms. The Hall–Kier alpha value is -1.39. The maximum absolute atomic E-state index is 4.40. The second-order valence-corrected chi connectivity index (χ2v) is 4.89. The molecule has 2 aromatic rings. The zero-order chi connectivity index (χ0) is 11.9. The van der Waals surface area contributed by atoms with Gasteiger partial charge in [-0.2, -0.15) is 0 Å². The summed E-state index contributed by atoms with van der Waals surface area (Å²) in [5, 5.41) is 9.96. The van der Waals surface area contributed by atoms with Crippen LogP contribution >= 0.6 is 11.3 Å². The quantitative estimate of drug-likeness (QED) is 0.771. The van der Waals surface area contributed by atoms with Crippen LogP contribution in [-0.2, 0) is 6.54 Å². The number of aromatic nitrogens is 1. The molecule has 1 aromatic carbocycles. The van der Waals surface area contributed by atoms with Crippen LogP contribution in [0.2, 0.25) is 0 Å². The number of para-hydroxylation sites is 1. The van der Waals surface area contributed by atoms with Gasteiger partial charge in [-0.05, 0) is 19.1 Å². The van der Waals surface area contributed by atoms with Crippen molar-refractivity contribution in [3.8, 4) is 0 Å². The van der Waals surface area contributed by atoms with Crippen molar-refractivity contribution in [2.75, 3.05) is 18.4 Å². The Morgan fingerprint density at radius 3 is 2.71 bits per heavy atom. The first-order valence-corrected chi connectivity index (χ1v) is 6.63. The van der Waals surface area contributed by atoms with Gasteiger partial charge in [0.2, 0.25) is 0 Å². The molecule has 1 aromatic heterocycles. The lowest BCUT2D eigenvalue weighted by Crippen LogP contribution is -2.21. The molecular weight excluding hydrogens is 230 g/mol. The van der Waals surface area contributed by atoms with Gasteiger partial charge in [0.1, 0.15) is 0 Å². The lowest BCUT2D eigenvalue weighted by atomic mass is 10.3. The average Bonchev–Trinajstić information content (AvgIpc) is 2.76. The third-order valence-electron chi connectivity index (χ3n) is 2.38. The number of nitrogens with zero attached hydrogens (tertiary/aromatic N) is 1. The topological polar surface area (TPSA) is 37.0 Å². The molecule has 0 unspecified atom stereocenters. The number of anilines is 1. The molecule has 0 aliphatic carbocycles. The van der Waals surface area contributed by atoms with Crippen molar-refractivity contribution in [3.63, 3.8) is 0 Å². The minimum atomic E-state index is 0.848. The van der Waals surface area contributed by atoms with E-state index in [4.69, 9.17) is 0 Å². The van der Waals surface area contributed by atoms with Crippen LogP contribution in [0, 0.1) is 6.92 Å². The molecule has 3 nitrogen and oxygen atoms in total. The van der Waals surface area contributed by atoms with Crippen molar-refractivity contribution in [2.45, 2.75) is 13.5 Å². The van der Waals surface area contributed by atoms with Gasteiger partial charge in [-0.15, -0.1) is 11.3 Å². The summed E-state index contributed by atoms with van der Waals surface area (Å²) in [6.45, 7) is 4.74. The molecule has 1 heterocycles. The number of hydrogen-bond donors (Lipinski definition) is 2.